The van der Waals surface area contributed by atoms with E-state index in [1.54, 1.807) is 6.20 Å². The first kappa shape index (κ1) is 13.3. The monoisotopic (exact) mass is 303 g/mol. The standard InChI is InChI=1S/C15H14ClN3S/c1-2-5-10-6-3-4-7-13(10)19-14-12(18-15(19)20)8-11(16)9-17-14/h3-4,6-9H,2,5H2,1H3,(H,18,20). The zero-order valence-corrected chi connectivity index (χ0v) is 12.6. The summed E-state index contributed by atoms with van der Waals surface area (Å²) in [6.07, 6.45) is 3.75. The first-order chi connectivity index (χ1) is 9.70. The molecule has 0 aliphatic carbocycles. The van der Waals surface area contributed by atoms with E-state index in [1.165, 1.54) is 5.56 Å². The molecule has 3 rings (SSSR count). The van der Waals surface area contributed by atoms with Crippen molar-refractivity contribution < 1.29 is 0 Å². The Hall–Kier alpha value is -1.65. The van der Waals surface area contributed by atoms with Crippen LogP contribution >= 0.6 is 23.8 Å². The largest absolute Gasteiger partial charge is 0.329 e. The zero-order valence-electron chi connectivity index (χ0n) is 11.1. The maximum absolute atomic E-state index is 5.98. The molecule has 0 saturated carbocycles. The maximum Gasteiger partial charge on any atom is 0.184 e. The molecule has 1 aromatic carbocycles. The lowest BCUT2D eigenvalue weighted by Crippen LogP contribution is -2.00. The van der Waals surface area contributed by atoms with Crippen LogP contribution in [0.25, 0.3) is 16.9 Å². The molecule has 0 unspecified atom stereocenters. The normalized spacial score (nSPS) is 11.1. The van der Waals surface area contributed by atoms with E-state index in [4.69, 9.17) is 23.8 Å². The molecule has 20 heavy (non-hydrogen) atoms. The predicted molar refractivity (Wildman–Crippen MR) is 85.3 cm³/mol. The van der Waals surface area contributed by atoms with Crippen molar-refractivity contribution in [3.63, 3.8) is 0 Å². The highest BCUT2D eigenvalue weighted by Crippen LogP contribution is 2.23. The number of pyridine rings is 1. The van der Waals surface area contributed by atoms with Gasteiger partial charge in [-0.1, -0.05) is 43.1 Å². The van der Waals surface area contributed by atoms with Gasteiger partial charge >= 0.3 is 0 Å². The zero-order chi connectivity index (χ0) is 14.1. The highest BCUT2D eigenvalue weighted by atomic mass is 35.5. The van der Waals surface area contributed by atoms with E-state index in [0.29, 0.717) is 9.79 Å². The number of aryl methyl sites for hydroxylation is 1. The Morgan fingerprint density at radius 1 is 1.35 bits per heavy atom. The smallest absolute Gasteiger partial charge is 0.184 e. The van der Waals surface area contributed by atoms with Gasteiger partial charge in [0.05, 0.1) is 16.2 Å². The summed E-state index contributed by atoms with van der Waals surface area (Å²) in [6.45, 7) is 2.17. The fraction of sp³-hybridized carbons (Fsp3) is 0.200. The SMILES string of the molecule is CCCc1ccccc1-n1c(=S)[nH]c2cc(Cl)cnc21. The third kappa shape index (κ3) is 2.25. The topological polar surface area (TPSA) is 33.6 Å². The highest BCUT2D eigenvalue weighted by Gasteiger charge is 2.11. The molecule has 0 atom stereocenters. The molecule has 5 heteroatoms. The van der Waals surface area contributed by atoms with E-state index in [0.717, 1.165) is 29.7 Å². The van der Waals surface area contributed by atoms with Crippen LogP contribution in [0.4, 0.5) is 0 Å². The number of H-pyrrole nitrogens is 1. The minimum Gasteiger partial charge on any atom is -0.329 e. The van der Waals surface area contributed by atoms with Gasteiger partial charge in [-0.2, -0.15) is 0 Å². The van der Waals surface area contributed by atoms with E-state index < -0.39 is 0 Å². The Kier molecular flexibility index (Phi) is 3.59. The Morgan fingerprint density at radius 2 is 2.15 bits per heavy atom. The number of imidazole rings is 1. The fourth-order valence-electron chi connectivity index (χ4n) is 2.40. The molecule has 102 valence electrons. The summed E-state index contributed by atoms with van der Waals surface area (Å²) in [5, 5.41) is 0.600. The van der Waals surface area contributed by atoms with Gasteiger partial charge in [-0.15, -0.1) is 0 Å². The van der Waals surface area contributed by atoms with Gasteiger partial charge in [0.1, 0.15) is 0 Å². The number of halogens is 1. The summed E-state index contributed by atoms with van der Waals surface area (Å²) in [5.74, 6) is 0. The lowest BCUT2D eigenvalue weighted by molar-refractivity contribution is 0.898. The van der Waals surface area contributed by atoms with Crippen LogP contribution in [0.2, 0.25) is 5.02 Å². The van der Waals surface area contributed by atoms with Crippen molar-refractivity contribution in [1.82, 2.24) is 14.5 Å². The van der Waals surface area contributed by atoms with E-state index in [1.807, 2.05) is 16.7 Å². The third-order valence-electron chi connectivity index (χ3n) is 3.24. The quantitative estimate of drug-likeness (QED) is 0.712. The molecule has 3 aromatic rings. The third-order valence-corrected chi connectivity index (χ3v) is 3.73. The van der Waals surface area contributed by atoms with Crippen molar-refractivity contribution in [1.29, 1.82) is 0 Å². The molecule has 0 amide bonds. The van der Waals surface area contributed by atoms with E-state index in [2.05, 4.69) is 35.1 Å². The average molecular weight is 304 g/mol. The van der Waals surface area contributed by atoms with Gasteiger partial charge < -0.3 is 4.98 Å². The molecule has 0 radical (unpaired) electrons. The van der Waals surface area contributed by atoms with Gasteiger partial charge in [-0.05, 0) is 36.3 Å². The number of rotatable bonds is 3. The average Bonchev–Trinajstić information content (AvgIpc) is 2.75. The van der Waals surface area contributed by atoms with Gasteiger partial charge in [0.25, 0.3) is 0 Å². The number of benzene rings is 1. The number of nitrogens with one attached hydrogen (secondary N) is 1. The molecule has 0 aliphatic rings. The number of aromatic amines is 1. The molecule has 2 aromatic heterocycles. The van der Waals surface area contributed by atoms with Crippen molar-refractivity contribution in [2.75, 3.05) is 0 Å². The van der Waals surface area contributed by atoms with Gasteiger partial charge in [0.15, 0.2) is 10.4 Å². The number of aromatic nitrogens is 3. The Bertz CT molecular complexity index is 819. The molecular weight excluding hydrogens is 290 g/mol. The van der Waals surface area contributed by atoms with Crippen LogP contribution in [0.3, 0.4) is 0 Å². The van der Waals surface area contributed by atoms with Crippen LogP contribution < -0.4 is 0 Å². The first-order valence-electron chi connectivity index (χ1n) is 6.55. The molecule has 0 bridgehead atoms. The number of hydrogen-bond donors (Lipinski definition) is 1. The highest BCUT2D eigenvalue weighted by molar-refractivity contribution is 7.71. The second kappa shape index (κ2) is 5.38. The van der Waals surface area contributed by atoms with E-state index in [-0.39, 0.29) is 0 Å². The lowest BCUT2D eigenvalue weighted by atomic mass is 10.1. The molecule has 2 heterocycles. The van der Waals surface area contributed by atoms with Gasteiger partial charge in [-0.3, -0.25) is 4.57 Å². The Labute approximate surface area is 127 Å². The summed E-state index contributed by atoms with van der Waals surface area (Å²) in [6, 6.07) is 10.1. The summed E-state index contributed by atoms with van der Waals surface area (Å²) in [7, 11) is 0. The Morgan fingerprint density at radius 3 is 2.95 bits per heavy atom. The summed E-state index contributed by atoms with van der Waals surface area (Å²) >= 11 is 11.4. The van der Waals surface area contributed by atoms with Crippen LogP contribution in [0.5, 0.6) is 0 Å². The van der Waals surface area contributed by atoms with Crippen molar-refractivity contribution >= 4 is 35.0 Å². The number of para-hydroxylation sites is 1. The molecule has 0 spiro atoms. The van der Waals surface area contributed by atoms with Crippen LogP contribution in [0, 0.1) is 4.77 Å². The summed E-state index contributed by atoms with van der Waals surface area (Å²) in [5.41, 5.74) is 4.01. The van der Waals surface area contributed by atoms with Gasteiger partial charge in [0, 0.05) is 6.20 Å². The lowest BCUT2D eigenvalue weighted by Gasteiger charge is -2.10. The summed E-state index contributed by atoms with van der Waals surface area (Å²) in [4.78, 5) is 7.58. The van der Waals surface area contributed by atoms with Crippen molar-refractivity contribution in [3.8, 4) is 5.69 Å². The fourth-order valence-corrected chi connectivity index (χ4v) is 2.86. The van der Waals surface area contributed by atoms with Crippen molar-refractivity contribution in [3.05, 3.63) is 51.9 Å². The van der Waals surface area contributed by atoms with Gasteiger partial charge in [0.2, 0.25) is 0 Å². The van der Waals surface area contributed by atoms with Crippen LogP contribution in [-0.4, -0.2) is 14.5 Å². The molecule has 0 aliphatic heterocycles. The number of hydrogen-bond acceptors (Lipinski definition) is 2. The van der Waals surface area contributed by atoms with Crippen molar-refractivity contribution in [2.24, 2.45) is 0 Å². The van der Waals surface area contributed by atoms with E-state index >= 15 is 0 Å². The second-order valence-corrected chi connectivity index (χ2v) is 5.49. The molecular formula is C15H14ClN3S. The minimum atomic E-state index is 0.600. The molecule has 1 N–H and O–H groups in total. The van der Waals surface area contributed by atoms with Crippen LogP contribution in [0.15, 0.2) is 36.5 Å². The Balaban J connectivity index is 2.30. The van der Waals surface area contributed by atoms with Gasteiger partial charge in [-0.25, -0.2) is 4.98 Å². The van der Waals surface area contributed by atoms with Crippen LogP contribution in [-0.2, 0) is 6.42 Å². The molecule has 0 saturated heterocycles. The molecule has 0 fully saturated rings. The van der Waals surface area contributed by atoms with Crippen molar-refractivity contribution in [2.45, 2.75) is 19.8 Å². The number of fused-ring (bicyclic) bond motifs is 1. The number of nitrogens with zero attached hydrogens (tertiary/aromatic N) is 2. The van der Waals surface area contributed by atoms with Crippen LogP contribution in [0.1, 0.15) is 18.9 Å². The second-order valence-electron chi connectivity index (χ2n) is 4.67. The maximum atomic E-state index is 5.98. The molecule has 3 nitrogen and oxygen atoms in total. The van der Waals surface area contributed by atoms with E-state index in [9.17, 15) is 0 Å². The first-order valence-corrected chi connectivity index (χ1v) is 7.34. The summed E-state index contributed by atoms with van der Waals surface area (Å²) < 4.78 is 2.62. The minimum absolute atomic E-state index is 0.600. The predicted octanol–water partition coefficient (Wildman–Crippen LogP) is 4.69.